The van der Waals surface area contributed by atoms with Crippen LogP contribution in [0.3, 0.4) is 0 Å². The number of hydrogen-bond donors (Lipinski definition) is 1. The smallest absolute Gasteiger partial charge is 0.257 e. The van der Waals surface area contributed by atoms with Crippen LogP contribution in [0.2, 0.25) is 0 Å². The quantitative estimate of drug-likeness (QED) is 0.688. The highest BCUT2D eigenvalue weighted by Crippen LogP contribution is 2.27. The number of para-hydroxylation sites is 2. The Bertz CT molecular complexity index is 780. The first-order chi connectivity index (χ1) is 11.3. The molecule has 0 aliphatic rings. The molecule has 0 saturated heterocycles. The molecular weight excluding hydrogens is 308 g/mol. The number of oxazole rings is 1. The Morgan fingerprint density at radius 2 is 1.96 bits per heavy atom. The Morgan fingerprint density at radius 1 is 1.17 bits per heavy atom. The van der Waals surface area contributed by atoms with Crippen LogP contribution in [0.5, 0.6) is 0 Å². The average molecular weight is 326 g/mol. The lowest BCUT2D eigenvalue weighted by molar-refractivity contribution is 0.0953. The van der Waals surface area contributed by atoms with Gasteiger partial charge < -0.3 is 9.73 Å². The highest BCUT2D eigenvalue weighted by Gasteiger charge is 2.12. The fourth-order valence-corrected chi connectivity index (χ4v) is 3.10. The fourth-order valence-electron chi connectivity index (χ4n) is 2.25. The number of benzene rings is 2. The predicted octanol–water partition coefficient (Wildman–Crippen LogP) is 4.26. The third kappa shape index (κ3) is 3.74. The lowest BCUT2D eigenvalue weighted by Crippen LogP contribution is -2.24. The first-order valence-corrected chi connectivity index (χ1v) is 8.61. The molecule has 2 aromatic carbocycles. The Kier molecular flexibility index (Phi) is 4.98. The summed E-state index contributed by atoms with van der Waals surface area (Å²) in [5.41, 5.74) is 3.32. The van der Waals surface area contributed by atoms with Crippen molar-refractivity contribution in [3.63, 3.8) is 0 Å². The fraction of sp³-hybridized carbons (Fsp3) is 0.222. The summed E-state index contributed by atoms with van der Waals surface area (Å²) in [5.74, 6) is 0.614. The Balaban J connectivity index is 1.73. The molecule has 0 bridgehead atoms. The van der Waals surface area contributed by atoms with E-state index in [1.165, 1.54) is 11.8 Å². The van der Waals surface area contributed by atoms with Gasteiger partial charge in [0.25, 0.3) is 11.1 Å². The maximum Gasteiger partial charge on any atom is 0.257 e. The van der Waals surface area contributed by atoms with Gasteiger partial charge in [0.05, 0.1) is 0 Å². The van der Waals surface area contributed by atoms with Gasteiger partial charge in [-0.25, -0.2) is 4.98 Å². The number of rotatable bonds is 6. The molecule has 0 aliphatic heterocycles. The van der Waals surface area contributed by atoms with Crippen molar-refractivity contribution in [1.82, 2.24) is 10.3 Å². The van der Waals surface area contributed by atoms with E-state index in [2.05, 4.69) is 10.3 Å². The zero-order valence-electron chi connectivity index (χ0n) is 12.9. The molecule has 1 N–H and O–H groups in total. The second-order valence-electron chi connectivity index (χ2n) is 5.15. The van der Waals surface area contributed by atoms with E-state index in [9.17, 15) is 4.79 Å². The minimum atomic E-state index is -0.0272. The summed E-state index contributed by atoms with van der Waals surface area (Å²) in [5, 5.41) is 3.54. The lowest BCUT2D eigenvalue weighted by Gasteiger charge is -2.08. The summed E-state index contributed by atoms with van der Waals surface area (Å²) in [6.07, 6.45) is 0.922. The molecule has 4 nitrogen and oxygen atoms in total. The van der Waals surface area contributed by atoms with E-state index < -0.39 is 0 Å². The summed E-state index contributed by atoms with van der Waals surface area (Å²) in [7, 11) is 0. The molecule has 1 amide bonds. The number of amides is 1. The highest BCUT2D eigenvalue weighted by molar-refractivity contribution is 7.98. The molecule has 0 radical (unpaired) electrons. The minimum absolute atomic E-state index is 0.0272. The maximum atomic E-state index is 12.2. The average Bonchev–Trinajstić information content (AvgIpc) is 3.01. The van der Waals surface area contributed by atoms with Gasteiger partial charge in [0.1, 0.15) is 5.52 Å². The van der Waals surface area contributed by atoms with E-state index in [0.29, 0.717) is 23.1 Å². The van der Waals surface area contributed by atoms with Crippen LogP contribution < -0.4 is 5.32 Å². The number of fused-ring (bicyclic) bond motifs is 1. The van der Waals surface area contributed by atoms with Crippen molar-refractivity contribution in [3.8, 4) is 0 Å². The second kappa shape index (κ2) is 7.33. The monoisotopic (exact) mass is 326 g/mol. The van der Waals surface area contributed by atoms with Gasteiger partial charge >= 0.3 is 0 Å². The van der Waals surface area contributed by atoms with Crippen molar-refractivity contribution < 1.29 is 9.21 Å². The van der Waals surface area contributed by atoms with E-state index >= 15 is 0 Å². The van der Waals surface area contributed by atoms with E-state index in [1.807, 2.05) is 55.5 Å². The minimum Gasteiger partial charge on any atom is -0.431 e. The van der Waals surface area contributed by atoms with Crippen LogP contribution in [0.1, 0.15) is 29.3 Å². The second-order valence-corrected chi connectivity index (χ2v) is 6.08. The lowest BCUT2D eigenvalue weighted by atomic mass is 10.1. The van der Waals surface area contributed by atoms with E-state index in [0.717, 1.165) is 23.1 Å². The molecular formula is C18H18N2O2S. The Hall–Kier alpha value is -2.27. The standard InChI is InChI=1S/C18H18N2O2S/c1-2-11-19-17(21)14-8-4-3-7-13(14)12-23-18-20-15-9-5-6-10-16(15)22-18/h3-10H,2,11-12H2,1H3,(H,19,21). The topological polar surface area (TPSA) is 55.1 Å². The van der Waals surface area contributed by atoms with Crippen molar-refractivity contribution in [2.24, 2.45) is 0 Å². The number of hydrogen-bond acceptors (Lipinski definition) is 4. The molecule has 118 valence electrons. The molecule has 0 aliphatic carbocycles. The van der Waals surface area contributed by atoms with Gasteiger partial charge in [0, 0.05) is 17.9 Å². The van der Waals surface area contributed by atoms with Crippen LogP contribution in [-0.2, 0) is 5.75 Å². The molecule has 1 heterocycles. The van der Waals surface area contributed by atoms with Gasteiger partial charge in [-0.1, -0.05) is 49.0 Å². The Morgan fingerprint density at radius 3 is 2.78 bits per heavy atom. The number of carbonyl (C=O) groups excluding carboxylic acids is 1. The first kappa shape index (κ1) is 15.6. The predicted molar refractivity (Wildman–Crippen MR) is 92.6 cm³/mol. The Labute approximate surface area is 139 Å². The van der Waals surface area contributed by atoms with Gasteiger partial charge in [-0.2, -0.15) is 0 Å². The van der Waals surface area contributed by atoms with Crippen molar-refractivity contribution >= 4 is 28.8 Å². The van der Waals surface area contributed by atoms with Crippen molar-refractivity contribution in [1.29, 1.82) is 0 Å². The first-order valence-electron chi connectivity index (χ1n) is 7.62. The van der Waals surface area contributed by atoms with Crippen LogP contribution in [-0.4, -0.2) is 17.4 Å². The summed E-state index contributed by atoms with van der Waals surface area (Å²) in [6.45, 7) is 2.72. The SMILES string of the molecule is CCCNC(=O)c1ccccc1CSc1nc2ccccc2o1. The number of carbonyl (C=O) groups is 1. The van der Waals surface area contributed by atoms with E-state index in [4.69, 9.17) is 4.42 Å². The number of nitrogens with zero attached hydrogens (tertiary/aromatic N) is 1. The molecule has 0 unspecified atom stereocenters. The molecule has 1 aromatic heterocycles. The van der Waals surface area contributed by atoms with Crippen LogP contribution in [0.15, 0.2) is 58.2 Å². The third-order valence-electron chi connectivity index (χ3n) is 3.42. The van der Waals surface area contributed by atoms with Crippen molar-refractivity contribution in [3.05, 3.63) is 59.7 Å². The summed E-state index contributed by atoms with van der Waals surface area (Å²) in [6, 6.07) is 15.3. The maximum absolute atomic E-state index is 12.2. The van der Waals surface area contributed by atoms with Crippen molar-refractivity contribution in [2.45, 2.75) is 24.3 Å². The van der Waals surface area contributed by atoms with Crippen LogP contribution in [0.4, 0.5) is 0 Å². The van der Waals surface area contributed by atoms with Crippen LogP contribution in [0.25, 0.3) is 11.1 Å². The van der Waals surface area contributed by atoms with Gasteiger partial charge in [-0.15, -0.1) is 0 Å². The van der Waals surface area contributed by atoms with Gasteiger partial charge in [0.2, 0.25) is 0 Å². The normalized spacial score (nSPS) is 10.8. The molecule has 23 heavy (non-hydrogen) atoms. The molecule has 0 atom stereocenters. The van der Waals surface area contributed by atoms with Gasteiger partial charge in [0.15, 0.2) is 5.58 Å². The van der Waals surface area contributed by atoms with Gasteiger partial charge in [-0.3, -0.25) is 4.79 Å². The summed E-state index contributed by atoms with van der Waals surface area (Å²) < 4.78 is 5.71. The number of thioether (sulfide) groups is 1. The molecule has 0 spiro atoms. The third-order valence-corrected chi connectivity index (χ3v) is 4.30. The highest BCUT2D eigenvalue weighted by atomic mass is 32.2. The van der Waals surface area contributed by atoms with Gasteiger partial charge in [-0.05, 0) is 30.2 Å². The molecule has 0 fully saturated rings. The zero-order chi connectivity index (χ0) is 16.1. The molecule has 5 heteroatoms. The zero-order valence-corrected chi connectivity index (χ0v) is 13.7. The summed E-state index contributed by atoms with van der Waals surface area (Å²) >= 11 is 1.50. The van der Waals surface area contributed by atoms with Crippen molar-refractivity contribution in [2.75, 3.05) is 6.54 Å². The van der Waals surface area contributed by atoms with E-state index in [1.54, 1.807) is 0 Å². The molecule has 3 rings (SSSR count). The molecule has 3 aromatic rings. The summed E-state index contributed by atoms with van der Waals surface area (Å²) in [4.78, 5) is 16.7. The number of nitrogens with one attached hydrogen (secondary N) is 1. The number of aromatic nitrogens is 1. The molecule has 0 saturated carbocycles. The van der Waals surface area contributed by atoms with E-state index in [-0.39, 0.29) is 5.91 Å². The largest absolute Gasteiger partial charge is 0.431 e. The van der Waals surface area contributed by atoms with Crippen LogP contribution >= 0.6 is 11.8 Å². The van der Waals surface area contributed by atoms with Crippen LogP contribution in [0, 0.1) is 0 Å².